The van der Waals surface area contributed by atoms with E-state index >= 15 is 0 Å². The number of carbonyl (C=O) groups is 1. The summed E-state index contributed by atoms with van der Waals surface area (Å²) >= 11 is 0. The molecular weight excluding hydrogens is 240 g/mol. The van der Waals surface area contributed by atoms with E-state index in [1.807, 2.05) is 29.2 Å². The minimum atomic E-state index is -0.0672. The van der Waals surface area contributed by atoms with Crippen LogP contribution in [0, 0.1) is 5.92 Å². The molecule has 1 fully saturated rings. The molecule has 1 aliphatic heterocycles. The van der Waals surface area contributed by atoms with Gasteiger partial charge in [0.25, 0.3) is 0 Å². The van der Waals surface area contributed by atoms with Crippen molar-refractivity contribution in [1.82, 2.24) is 10.2 Å². The first-order valence-electron chi connectivity index (χ1n) is 6.79. The molecule has 1 aromatic carbocycles. The van der Waals surface area contributed by atoms with E-state index in [9.17, 15) is 4.79 Å². The number of hydrogen-bond acceptors (Lipinski definition) is 3. The van der Waals surface area contributed by atoms with Gasteiger partial charge in [0.2, 0.25) is 5.91 Å². The van der Waals surface area contributed by atoms with Crippen LogP contribution >= 0.6 is 0 Å². The highest BCUT2D eigenvalue weighted by molar-refractivity contribution is 5.81. The number of para-hydroxylation sites is 1. The monoisotopic (exact) mass is 262 g/mol. The predicted octanol–water partition coefficient (Wildman–Crippen LogP) is 2.17. The number of ether oxygens (including phenoxy) is 1. The highest BCUT2D eigenvalue weighted by atomic mass is 16.5. The van der Waals surface area contributed by atoms with Gasteiger partial charge in [0.1, 0.15) is 11.9 Å². The van der Waals surface area contributed by atoms with Crippen molar-refractivity contribution in [2.24, 2.45) is 5.92 Å². The molecule has 1 amide bonds. The van der Waals surface area contributed by atoms with Gasteiger partial charge in [-0.15, -0.1) is 0 Å². The molecule has 19 heavy (non-hydrogen) atoms. The average Bonchev–Trinajstić information content (AvgIpc) is 2.77. The largest absolute Gasteiger partial charge is 0.496 e. The van der Waals surface area contributed by atoms with E-state index in [2.05, 4.69) is 19.2 Å². The van der Waals surface area contributed by atoms with Crippen molar-refractivity contribution in [3.05, 3.63) is 29.8 Å². The summed E-state index contributed by atoms with van der Waals surface area (Å²) in [5.74, 6) is 1.58. The molecule has 1 N–H and O–H groups in total. The summed E-state index contributed by atoms with van der Waals surface area (Å²) in [6, 6.07) is 7.86. The van der Waals surface area contributed by atoms with E-state index in [0.29, 0.717) is 12.5 Å². The Morgan fingerprint density at radius 2 is 2.16 bits per heavy atom. The van der Waals surface area contributed by atoms with Crippen LogP contribution in [0.1, 0.15) is 32.0 Å². The number of nitrogens with one attached hydrogen (secondary N) is 1. The van der Waals surface area contributed by atoms with Crippen molar-refractivity contribution < 1.29 is 9.53 Å². The van der Waals surface area contributed by atoms with Crippen molar-refractivity contribution in [2.45, 2.75) is 26.4 Å². The Hall–Kier alpha value is -1.55. The van der Waals surface area contributed by atoms with Crippen molar-refractivity contribution in [3.63, 3.8) is 0 Å². The van der Waals surface area contributed by atoms with Crippen LogP contribution in [0.25, 0.3) is 0 Å². The minimum Gasteiger partial charge on any atom is -0.496 e. The zero-order valence-corrected chi connectivity index (χ0v) is 11.8. The van der Waals surface area contributed by atoms with Crippen molar-refractivity contribution >= 4 is 5.91 Å². The minimum absolute atomic E-state index is 0.0672. The summed E-state index contributed by atoms with van der Waals surface area (Å²) in [6.45, 7) is 5.53. The maximum atomic E-state index is 12.0. The van der Waals surface area contributed by atoms with Crippen LogP contribution in [-0.2, 0) is 4.79 Å². The van der Waals surface area contributed by atoms with Gasteiger partial charge in [0, 0.05) is 12.1 Å². The van der Waals surface area contributed by atoms with E-state index in [0.717, 1.165) is 24.3 Å². The lowest BCUT2D eigenvalue weighted by Gasteiger charge is -2.26. The van der Waals surface area contributed by atoms with Gasteiger partial charge in [-0.2, -0.15) is 0 Å². The third kappa shape index (κ3) is 3.07. The smallest absolute Gasteiger partial charge is 0.238 e. The Labute approximate surface area is 114 Å². The summed E-state index contributed by atoms with van der Waals surface area (Å²) < 4.78 is 5.39. The molecule has 4 heteroatoms. The number of amides is 1. The fourth-order valence-electron chi connectivity index (χ4n) is 2.36. The van der Waals surface area contributed by atoms with Gasteiger partial charge in [-0.05, 0) is 18.4 Å². The first-order valence-corrected chi connectivity index (χ1v) is 6.79. The van der Waals surface area contributed by atoms with E-state index in [1.54, 1.807) is 7.11 Å². The van der Waals surface area contributed by atoms with E-state index < -0.39 is 0 Å². The summed E-state index contributed by atoms with van der Waals surface area (Å²) in [6.07, 6.45) is 0.946. The molecule has 104 valence electrons. The Kier molecular flexibility index (Phi) is 4.43. The number of benzene rings is 1. The lowest BCUT2D eigenvalue weighted by Crippen LogP contribution is -2.32. The molecule has 0 aliphatic carbocycles. The maximum absolute atomic E-state index is 12.0. The van der Waals surface area contributed by atoms with Crippen LogP contribution in [0.2, 0.25) is 0 Å². The number of rotatable bonds is 5. The topological polar surface area (TPSA) is 41.6 Å². The van der Waals surface area contributed by atoms with Gasteiger partial charge < -0.3 is 9.64 Å². The molecule has 0 spiro atoms. The summed E-state index contributed by atoms with van der Waals surface area (Å²) in [4.78, 5) is 13.9. The van der Waals surface area contributed by atoms with E-state index in [4.69, 9.17) is 4.74 Å². The number of methoxy groups -OCH3 is 1. The number of carbonyl (C=O) groups excluding carboxylic acids is 1. The van der Waals surface area contributed by atoms with Crippen LogP contribution in [0.15, 0.2) is 24.3 Å². The van der Waals surface area contributed by atoms with E-state index in [-0.39, 0.29) is 12.1 Å². The number of hydrogen-bond donors (Lipinski definition) is 1. The van der Waals surface area contributed by atoms with Crippen LogP contribution < -0.4 is 10.1 Å². The zero-order chi connectivity index (χ0) is 13.8. The highest BCUT2D eigenvalue weighted by Crippen LogP contribution is 2.30. The molecule has 1 aliphatic rings. The molecule has 1 saturated heterocycles. The van der Waals surface area contributed by atoms with Crippen LogP contribution in [0.5, 0.6) is 5.75 Å². The molecular formula is C15H22N2O2. The van der Waals surface area contributed by atoms with Gasteiger partial charge in [0.05, 0.1) is 13.7 Å². The molecule has 2 rings (SSSR count). The maximum Gasteiger partial charge on any atom is 0.238 e. The van der Waals surface area contributed by atoms with Crippen LogP contribution in [-0.4, -0.2) is 31.0 Å². The lowest BCUT2D eigenvalue weighted by atomic mass is 10.1. The standard InChI is InChI=1S/C15H22N2O2/c1-11(2)8-9-17-14(18)10-16-15(17)12-6-4-5-7-13(12)19-3/h4-7,11,15-16H,8-10H2,1-3H3. The fourth-order valence-corrected chi connectivity index (χ4v) is 2.36. The third-order valence-electron chi connectivity index (χ3n) is 3.46. The quantitative estimate of drug-likeness (QED) is 0.884. The molecule has 1 aromatic rings. The van der Waals surface area contributed by atoms with Crippen LogP contribution in [0.3, 0.4) is 0 Å². The average molecular weight is 262 g/mol. The Morgan fingerprint density at radius 3 is 2.84 bits per heavy atom. The van der Waals surface area contributed by atoms with Crippen LogP contribution in [0.4, 0.5) is 0 Å². The van der Waals surface area contributed by atoms with Gasteiger partial charge in [-0.25, -0.2) is 0 Å². The highest BCUT2D eigenvalue weighted by Gasteiger charge is 2.32. The second-order valence-electron chi connectivity index (χ2n) is 5.30. The van der Waals surface area contributed by atoms with Crippen molar-refractivity contribution in [3.8, 4) is 5.75 Å². The Balaban J connectivity index is 2.19. The predicted molar refractivity (Wildman–Crippen MR) is 74.9 cm³/mol. The van der Waals surface area contributed by atoms with Gasteiger partial charge in [-0.1, -0.05) is 32.0 Å². The number of nitrogens with zero attached hydrogens (tertiary/aromatic N) is 1. The normalized spacial score (nSPS) is 19.3. The molecule has 1 unspecified atom stereocenters. The molecule has 0 saturated carbocycles. The Morgan fingerprint density at radius 1 is 1.42 bits per heavy atom. The zero-order valence-electron chi connectivity index (χ0n) is 11.8. The first-order chi connectivity index (χ1) is 9.13. The fraction of sp³-hybridized carbons (Fsp3) is 0.533. The Bertz CT molecular complexity index is 446. The van der Waals surface area contributed by atoms with Crippen molar-refractivity contribution in [1.29, 1.82) is 0 Å². The molecule has 0 radical (unpaired) electrons. The third-order valence-corrected chi connectivity index (χ3v) is 3.46. The first kappa shape index (κ1) is 13.9. The molecule has 0 aromatic heterocycles. The second kappa shape index (κ2) is 6.06. The van der Waals surface area contributed by atoms with Gasteiger partial charge >= 0.3 is 0 Å². The lowest BCUT2D eigenvalue weighted by molar-refractivity contribution is -0.128. The molecule has 1 heterocycles. The summed E-state index contributed by atoms with van der Waals surface area (Å²) in [5, 5.41) is 3.27. The SMILES string of the molecule is COc1ccccc1C1NCC(=O)N1CCC(C)C. The second-order valence-corrected chi connectivity index (χ2v) is 5.30. The summed E-state index contributed by atoms with van der Waals surface area (Å²) in [7, 11) is 1.66. The van der Waals surface area contributed by atoms with Gasteiger partial charge in [-0.3, -0.25) is 10.1 Å². The van der Waals surface area contributed by atoms with Gasteiger partial charge in [0.15, 0.2) is 0 Å². The summed E-state index contributed by atoms with van der Waals surface area (Å²) in [5.41, 5.74) is 1.03. The van der Waals surface area contributed by atoms with Crippen molar-refractivity contribution in [2.75, 3.05) is 20.2 Å². The molecule has 4 nitrogen and oxygen atoms in total. The molecule has 1 atom stereocenters. The molecule has 0 bridgehead atoms. The van der Waals surface area contributed by atoms with E-state index in [1.165, 1.54) is 0 Å².